The molecule has 0 aromatic heterocycles. The van der Waals surface area contributed by atoms with E-state index in [1.165, 1.54) is 11.8 Å². The third-order valence-electron chi connectivity index (χ3n) is 4.09. The highest BCUT2D eigenvalue weighted by Crippen LogP contribution is 2.25. The van der Waals surface area contributed by atoms with Crippen LogP contribution in [0, 0.1) is 0 Å². The number of carboxylic acid groups (broad SMARTS) is 1. The van der Waals surface area contributed by atoms with Gasteiger partial charge < -0.3 is 15.2 Å². The van der Waals surface area contributed by atoms with E-state index in [0.717, 1.165) is 15.7 Å². The largest absolute Gasteiger partial charge is 0.481 e. The van der Waals surface area contributed by atoms with E-state index in [0.29, 0.717) is 13.0 Å². The predicted octanol–water partition coefficient (Wildman–Crippen LogP) is 2.68. The quantitative estimate of drug-likeness (QED) is 0.787. The minimum atomic E-state index is -0.928. The molecular formula is C18H19NO4S. The van der Waals surface area contributed by atoms with Crippen LogP contribution < -0.4 is 5.32 Å². The van der Waals surface area contributed by atoms with Gasteiger partial charge in [-0.3, -0.25) is 9.59 Å². The smallest absolute Gasteiger partial charge is 0.305 e. The molecule has 24 heavy (non-hydrogen) atoms. The van der Waals surface area contributed by atoms with Crippen molar-refractivity contribution in [3.8, 4) is 0 Å². The molecule has 0 aliphatic carbocycles. The Morgan fingerprint density at radius 2 is 2.00 bits per heavy atom. The number of ether oxygens (including phenoxy) is 1. The van der Waals surface area contributed by atoms with E-state index in [1.54, 1.807) is 0 Å². The second-order valence-corrected chi connectivity index (χ2v) is 7.05. The molecule has 2 aromatic rings. The second-order valence-electron chi connectivity index (χ2n) is 6.00. The van der Waals surface area contributed by atoms with Crippen LogP contribution in [0.15, 0.2) is 47.4 Å². The molecule has 2 aromatic carbocycles. The van der Waals surface area contributed by atoms with E-state index < -0.39 is 11.5 Å². The van der Waals surface area contributed by atoms with Gasteiger partial charge in [0.1, 0.15) is 0 Å². The lowest BCUT2D eigenvalue weighted by molar-refractivity contribution is -0.139. The summed E-state index contributed by atoms with van der Waals surface area (Å²) >= 11 is 1.44. The molecule has 1 saturated heterocycles. The van der Waals surface area contributed by atoms with Gasteiger partial charge in [0.15, 0.2) is 0 Å². The zero-order valence-electron chi connectivity index (χ0n) is 13.2. The minimum Gasteiger partial charge on any atom is -0.481 e. The fourth-order valence-electron chi connectivity index (χ4n) is 2.92. The normalized spacial score (nSPS) is 20.2. The van der Waals surface area contributed by atoms with E-state index in [1.807, 2.05) is 36.4 Å². The molecule has 0 saturated carbocycles. The molecule has 1 heterocycles. The summed E-state index contributed by atoms with van der Waals surface area (Å²) < 4.78 is 5.29. The van der Waals surface area contributed by atoms with Crippen molar-refractivity contribution in [1.29, 1.82) is 0 Å². The van der Waals surface area contributed by atoms with Crippen molar-refractivity contribution in [3.63, 3.8) is 0 Å². The summed E-state index contributed by atoms with van der Waals surface area (Å²) in [5.74, 6) is -0.845. The zero-order chi connectivity index (χ0) is 17.0. The fraction of sp³-hybridized carbons (Fsp3) is 0.333. The monoisotopic (exact) mass is 345 g/mol. The molecule has 126 valence electrons. The summed E-state index contributed by atoms with van der Waals surface area (Å²) in [4.78, 5) is 24.3. The number of hydrogen-bond donors (Lipinski definition) is 2. The molecule has 1 fully saturated rings. The third-order valence-corrected chi connectivity index (χ3v) is 5.08. The Hall–Kier alpha value is -2.05. The number of amides is 1. The Kier molecular flexibility index (Phi) is 5.06. The van der Waals surface area contributed by atoms with Gasteiger partial charge in [0.2, 0.25) is 5.91 Å². The Bertz CT molecular complexity index is 756. The number of thioether (sulfide) groups is 1. The number of nitrogens with one attached hydrogen (secondary N) is 1. The number of benzene rings is 2. The summed E-state index contributed by atoms with van der Waals surface area (Å²) in [6.07, 6.45) is 0.422. The van der Waals surface area contributed by atoms with Gasteiger partial charge in [0, 0.05) is 11.5 Å². The summed E-state index contributed by atoms with van der Waals surface area (Å²) in [5.41, 5.74) is -0.771. The summed E-state index contributed by atoms with van der Waals surface area (Å²) in [7, 11) is 0. The Balaban J connectivity index is 1.60. The lowest BCUT2D eigenvalue weighted by Crippen LogP contribution is -2.51. The van der Waals surface area contributed by atoms with Gasteiger partial charge in [0.05, 0.1) is 24.3 Å². The molecule has 1 atom stereocenters. The van der Waals surface area contributed by atoms with E-state index in [-0.39, 0.29) is 24.7 Å². The number of aliphatic carboxylic acids is 1. The van der Waals surface area contributed by atoms with Gasteiger partial charge in [-0.2, -0.15) is 0 Å². The lowest BCUT2D eigenvalue weighted by Gasteiger charge is -2.26. The first-order valence-corrected chi connectivity index (χ1v) is 8.77. The Morgan fingerprint density at radius 1 is 1.21 bits per heavy atom. The zero-order valence-corrected chi connectivity index (χ0v) is 14.0. The number of fused-ring (bicyclic) bond motifs is 1. The van der Waals surface area contributed by atoms with Crippen LogP contribution in [0.5, 0.6) is 0 Å². The number of carbonyl (C=O) groups excluding carboxylic acids is 1. The molecular weight excluding hydrogens is 326 g/mol. The van der Waals surface area contributed by atoms with Gasteiger partial charge in [-0.15, -0.1) is 11.8 Å². The van der Waals surface area contributed by atoms with Crippen LogP contribution in [-0.4, -0.2) is 41.5 Å². The summed E-state index contributed by atoms with van der Waals surface area (Å²) in [5, 5.41) is 14.2. The van der Waals surface area contributed by atoms with Crippen LogP contribution in [0.1, 0.15) is 12.8 Å². The number of hydrogen-bond acceptors (Lipinski definition) is 4. The van der Waals surface area contributed by atoms with Gasteiger partial charge in [-0.05, 0) is 29.3 Å². The first-order valence-electron chi connectivity index (χ1n) is 7.79. The fourth-order valence-corrected chi connectivity index (χ4v) is 3.66. The van der Waals surface area contributed by atoms with Gasteiger partial charge in [-0.25, -0.2) is 0 Å². The van der Waals surface area contributed by atoms with Crippen LogP contribution in [0.3, 0.4) is 0 Å². The third kappa shape index (κ3) is 4.07. The molecule has 1 aliphatic heterocycles. The average molecular weight is 345 g/mol. The topological polar surface area (TPSA) is 75.6 Å². The van der Waals surface area contributed by atoms with Crippen molar-refractivity contribution in [1.82, 2.24) is 5.32 Å². The number of carboxylic acids is 1. The molecule has 0 bridgehead atoms. The van der Waals surface area contributed by atoms with Crippen molar-refractivity contribution < 1.29 is 19.4 Å². The highest BCUT2D eigenvalue weighted by atomic mass is 32.2. The predicted molar refractivity (Wildman–Crippen MR) is 93.2 cm³/mol. The first kappa shape index (κ1) is 16.8. The maximum Gasteiger partial charge on any atom is 0.305 e. The van der Waals surface area contributed by atoms with E-state index >= 15 is 0 Å². The molecule has 6 heteroatoms. The van der Waals surface area contributed by atoms with Crippen LogP contribution in [0.25, 0.3) is 10.8 Å². The molecule has 1 unspecified atom stereocenters. The van der Waals surface area contributed by atoms with Crippen LogP contribution in [0.2, 0.25) is 0 Å². The molecule has 1 amide bonds. The molecule has 1 aliphatic rings. The lowest BCUT2D eigenvalue weighted by atomic mass is 9.94. The number of rotatable bonds is 6. The summed E-state index contributed by atoms with van der Waals surface area (Å²) in [6.45, 7) is 0.733. The van der Waals surface area contributed by atoms with E-state index in [2.05, 4.69) is 11.4 Å². The van der Waals surface area contributed by atoms with Crippen molar-refractivity contribution in [3.05, 3.63) is 42.5 Å². The molecule has 2 N–H and O–H groups in total. The van der Waals surface area contributed by atoms with Gasteiger partial charge in [-0.1, -0.05) is 30.3 Å². The van der Waals surface area contributed by atoms with Crippen molar-refractivity contribution in [2.45, 2.75) is 23.3 Å². The second kappa shape index (κ2) is 7.23. The van der Waals surface area contributed by atoms with Gasteiger partial charge >= 0.3 is 5.97 Å². The highest BCUT2D eigenvalue weighted by molar-refractivity contribution is 8.00. The summed E-state index contributed by atoms with van der Waals surface area (Å²) in [6, 6.07) is 14.1. The van der Waals surface area contributed by atoms with Crippen molar-refractivity contribution >= 4 is 34.4 Å². The van der Waals surface area contributed by atoms with Crippen molar-refractivity contribution in [2.24, 2.45) is 0 Å². The minimum absolute atomic E-state index is 0.112. The molecule has 0 spiro atoms. The maximum absolute atomic E-state index is 12.2. The SMILES string of the molecule is O=C(O)CC1(NC(=O)CSc2ccc3ccccc3c2)CCOC1. The first-order chi connectivity index (χ1) is 11.6. The average Bonchev–Trinajstić information content (AvgIpc) is 3.00. The van der Waals surface area contributed by atoms with E-state index in [9.17, 15) is 9.59 Å². The number of carbonyl (C=O) groups is 2. The van der Waals surface area contributed by atoms with Crippen LogP contribution in [-0.2, 0) is 14.3 Å². The molecule has 0 radical (unpaired) electrons. The Labute approximate surface area is 144 Å². The Morgan fingerprint density at radius 3 is 2.71 bits per heavy atom. The van der Waals surface area contributed by atoms with Crippen LogP contribution in [0.4, 0.5) is 0 Å². The molecule has 5 nitrogen and oxygen atoms in total. The van der Waals surface area contributed by atoms with Crippen molar-refractivity contribution in [2.75, 3.05) is 19.0 Å². The highest BCUT2D eigenvalue weighted by Gasteiger charge is 2.38. The van der Waals surface area contributed by atoms with E-state index in [4.69, 9.17) is 9.84 Å². The van der Waals surface area contributed by atoms with Gasteiger partial charge in [0.25, 0.3) is 0 Å². The molecule has 3 rings (SSSR count). The maximum atomic E-state index is 12.2. The van der Waals surface area contributed by atoms with Crippen LogP contribution >= 0.6 is 11.8 Å². The standard InChI is InChI=1S/C18H19NO4S/c20-16(19-18(10-17(21)22)7-8-23-12-18)11-24-15-6-5-13-3-1-2-4-14(13)9-15/h1-6,9H,7-8,10-12H2,(H,19,20)(H,21,22).